The van der Waals surface area contributed by atoms with Crippen LogP contribution in [0.1, 0.15) is 46.5 Å². The first kappa shape index (κ1) is 16.1. The lowest BCUT2D eigenvalue weighted by Crippen LogP contribution is -2.44. The van der Waals surface area contributed by atoms with E-state index in [1.807, 2.05) is 25.7 Å². The van der Waals surface area contributed by atoms with Crippen LogP contribution in [0.15, 0.2) is 0 Å². The second kappa shape index (κ2) is 6.67. The van der Waals surface area contributed by atoms with Gasteiger partial charge in [0.1, 0.15) is 5.60 Å². The van der Waals surface area contributed by atoms with Gasteiger partial charge in [0.05, 0.1) is 0 Å². The molecule has 0 aromatic heterocycles. The Hall–Kier alpha value is -1.26. The molecule has 5 heteroatoms. The Balaban J connectivity index is 1.82. The second-order valence-electron chi connectivity index (χ2n) is 7.06. The van der Waals surface area contributed by atoms with E-state index in [0.717, 1.165) is 38.9 Å². The molecule has 2 saturated heterocycles. The SMILES string of the molecule is CC(C)(C)OC(=O)N1CCCC(CC(=O)N2C[CH]CC2)C1. The number of hydrogen-bond acceptors (Lipinski definition) is 3. The third kappa shape index (κ3) is 4.90. The summed E-state index contributed by atoms with van der Waals surface area (Å²) in [6.45, 7) is 8.62. The van der Waals surface area contributed by atoms with Crippen LogP contribution in [0.4, 0.5) is 4.79 Å². The molecule has 119 valence electrons. The van der Waals surface area contributed by atoms with Gasteiger partial charge in [-0.25, -0.2) is 4.79 Å². The number of rotatable bonds is 2. The maximum atomic E-state index is 12.2. The van der Waals surface area contributed by atoms with Crippen LogP contribution in [0, 0.1) is 12.3 Å². The first-order valence-corrected chi connectivity index (χ1v) is 7.92. The largest absolute Gasteiger partial charge is 0.444 e. The number of ether oxygens (including phenoxy) is 1. The van der Waals surface area contributed by atoms with Crippen LogP contribution in [0.25, 0.3) is 0 Å². The van der Waals surface area contributed by atoms with E-state index in [0.29, 0.717) is 13.0 Å². The summed E-state index contributed by atoms with van der Waals surface area (Å²) < 4.78 is 5.42. The highest BCUT2D eigenvalue weighted by molar-refractivity contribution is 5.77. The van der Waals surface area contributed by atoms with Crippen molar-refractivity contribution in [1.29, 1.82) is 0 Å². The molecule has 2 aliphatic rings. The molecule has 0 aromatic carbocycles. The molecule has 1 atom stereocenters. The molecule has 2 aliphatic heterocycles. The summed E-state index contributed by atoms with van der Waals surface area (Å²) in [5.41, 5.74) is -0.467. The van der Waals surface area contributed by atoms with Crippen molar-refractivity contribution in [3.05, 3.63) is 6.42 Å². The molecule has 0 bridgehead atoms. The van der Waals surface area contributed by atoms with Crippen LogP contribution in [0.2, 0.25) is 0 Å². The van der Waals surface area contributed by atoms with Gasteiger partial charge in [0.15, 0.2) is 0 Å². The van der Waals surface area contributed by atoms with Crippen molar-refractivity contribution in [2.24, 2.45) is 5.92 Å². The van der Waals surface area contributed by atoms with Crippen molar-refractivity contribution < 1.29 is 14.3 Å². The third-order valence-electron chi connectivity index (χ3n) is 3.94. The number of piperidine rings is 1. The number of amides is 2. The second-order valence-corrected chi connectivity index (χ2v) is 7.06. The molecule has 2 amide bonds. The van der Waals surface area contributed by atoms with Crippen LogP contribution in [-0.4, -0.2) is 53.6 Å². The molecule has 1 unspecified atom stereocenters. The van der Waals surface area contributed by atoms with Gasteiger partial charge >= 0.3 is 6.09 Å². The van der Waals surface area contributed by atoms with E-state index >= 15 is 0 Å². The average Bonchev–Trinajstić information content (AvgIpc) is 2.91. The first-order valence-electron chi connectivity index (χ1n) is 7.92. The smallest absolute Gasteiger partial charge is 0.410 e. The highest BCUT2D eigenvalue weighted by atomic mass is 16.6. The quantitative estimate of drug-likeness (QED) is 0.786. The van der Waals surface area contributed by atoms with Crippen LogP contribution < -0.4 is 0 Å². The zero-order chi connectivity index (χ0) is 15.5. The average molecular weight is 295 g/mol. The van der Waals surface area contributed by atoms with Gasteiger partial charge in [-0.3, -0.25) is 4.79 Å². The Kier molecular flexibility index (Phi) is 5.12. The molecule has 5 nitrogen and oxygen atoms in total. The topological polar surface area (TPSA) is 49.9 Å². The van der Waals surface area contributed by atoms with Crippen LogP contribution in [-0.2, 0) is 9.53 Å². The standard InChI is InChI=1S/C16H27N2O3/c1-16(2,3)21-15(20)18-10-6-7-13(12-18)11-14(19)17-8-4-5-9-17/h4,13H,5-12H2,1-3H3. The Morgan fingerprint density at radius 2 is 2.00 bits per heavy atom. The van der Waals surface area contributed by atoms with Crippen molar-refractivity contribution in [2.45, 2.75) is 52.1 Å². The summed E-state index contributed by atoms with van der Waals surface area (Å²) in [5.74, 6) is 0.485. The monoisotopic (exact) mass is 295 g/mol. The van der Waals surface area contributed by atoms with E-state index in [1.165, 1.54) is 0 Å². The maximum Gasteiger partial charge on any atom is 0.410 e. The Bertz CT molecular complexity index is 383. The first-order chi connectivity index (χ1) is 9.85. The summed E-state index contributed by atoms with van der Waals surface area (Å²) in [4.78, 5) is 28.0. The summed E-state index contributed by atoms with van der Waals surface area (Å²) in [6.07, 6.45) is 5.40. The number of carbonyl (C=O) groups is 2. The lowest BCUT2D eigenvalue weighted by molar-refractivity contribution is -0.131. The molecule has 0 aromatic rings. The normalized spacial score (nSPS) is 23.3. The van der Waals surface area contributed by atoms with Gasteiger partial charge in [-0.1, -0.05) is 0 Å². The van der Waals surface area contributed by atoms with Gasteiger partial charge in [-0.2, -0.15) is 0 Å². The lowest BCUT2D eigenvalue weighted by Gasteiger charge is -2.34. The fourth-order valence-corrected chi connectivity index (χ4v) is 2.91. The number of likely N-dealkylation sites (tertiary alicyclic amines) is 2. The molecule has 2 fully saturated rings. The van der Waals surface area contributed by atoms with Crippen molar-refractivity contribution in [2.75, 3.05) is 26.2 Å². The minimum Gasteiger partial charge on any atom is -0.444 e. The van der Waals surface area contributed by atoms with Crippen LogP contribution >= 0.6 is 0 Å². The van der Waals surface area contributed by atoms with Gasteiger partial charge in [0, 0.05) is 32.6 Å². The molecule has 0 spiro atoms. The Morgan fingerprint density at radius 1 is 1.24 bits per heavy atom. The molecular weight excluding hydrogens is 268 g/mol. The highest BCUT2D eigenvalue weighted by Crippen LogP contribution is 2.23. The summed E-state index contributed by atoms with van der Waals surface area (Å²) in [7, 11) is 0. The molecule has 21 heavy (non-hydrogen) atoms. The highest BCUT2D eigenvalue weighted by Gasteiger charge is 2.30. The van der Waals surface area contributed by atoms with Gasteiger partial charge in [0.2, 0.25) is 5.91 Å². The summed E-state index contributed by atoms with van der Waals surface area (Å²) >= 11 is 0. The van der Waals surface area contributed by atoms with Crippen molar-refractivity contribution >= 4 is 12.0 Å². The van der Waals surface area contributed by atoms with Gasteiger partial charge in [0.25, 0.3) is 0 Å². The summed E-state index contributed by atoms with van der Waals surface area (Å²) in [6, 6.07) is 0. The van der Waals surface area contributed by atoms with Crippen molar-refractivity contribution in [1.82, 2.24) is 9.80 Å². The molecular formula is C16H27N2O3. The molecule has 2 rings (SSSR count). The van der Waals surface area contributed by atoms with Gasteiger partial charge in [-0.05, 0) is 52.4 Å². The van der Waals surface area contributed by atoms with E-state index in [4.69, 9.17) is 4.74 Å². The fraction of sp³-hybridized carbons (Fsp3) is 0.812. The van der Waals surface area contributed by atoms with E-state index < -0.39 is 5.60 Å². The van der Waals surface area contributed by atoms with E-state index in [2.05, 4.69) is 6.42 Å². The predicted octanol–water partition coefficient (Wildman–Crippen LogP) is 2.46. The zero-order valence-electron chi connectivity index (χ0n) is 13.4. The Morgan fingerprint density at radius 3 is 2.62 bits per heavy atom. The zero-order valence-corrected chi connectivity index (χ0v) is 13.4. The third-order valence-corrected chi connectivity index (χ3v) is 3.94. The Labute approximate surface area is 127 Å². The van der Waals surface area contributed by atoms with Crippen LogP contribution in [0.3, 0.4) is 0 Å². The van der Waals surface area contributed by atoms with E-state index in [-0.39, 0.29) is 17.9 Å². The molecule has 0 aliphatic carbocycles. The van der Waals surface area contributed by atoms with Crippen molar-refractivity contribution in [3.8, 4) is 0 Å². The minimum atomic E-state index is -0.467. The number of nitrogens with zero attached hydrogens (tertiary/aromatic N) is 2. The predicted molar refractivity (Wildman–Crippen MR) is 80.6 cm³/mol. The summed E-state index contributed by atoms with van der Waals surface area (Å²) in [5, 5.41) is 0. The van der Waals surface area contributed by atoms with E-state index in [9.17, 15) is 9.59 Å². The lowest BCUT2D eigenvalue weighted by atomic mass is 9.94. The minimum absolute atomic E-state index is 0.222. The molecule has 1 radical (unpaired) electrons. The fourth-order valence-electron chi connectivity index (χ4n) is 2.91. The van der Waals surface area contributed by atoms with Crippen LogP contribution in [0.5, 0.6) is 0 Å². The molecule has 0 saturated carbocycles. The molecule has 2 heterocycles. The van der Waals surface area contributed by atoms with Gasteiger partial charge < -0.3 is 14.5 Å². The van der Waals surface area contributed by atoms with Crippen molar-refractivity contribution in [3.63, 3.8) is 0 Å². The maximum absolute atomic E-state index is 12.2. The number of carbonyl (C=O) groups excluding carboxylic acids is 2. The van der Waals surface area contributed by atoms with E-state index in [1.54, 1.807) is 4.90 Å². The van der Waals surface area contributed by atoms with Gasteiger partial charge in [-0.15, -0.1) is 0 Å². The molecule has 0 N–H and O–H groups in total. The number of hydrogen-bond donors (Lipinski definition) is 0.